The average Bonchev–Trinajstić information content (AvgIpc) is 2.65. The Kier molecular flexibility index (Phi) is 4.47. The summed E-state index contributed by atoms with van der Waals surface area (Å²) in [5, 5.41) is 3.50. The minimum Gasteiger partial charge on any atom is -0.496 e. The van der Waals surface area contributed by atoms with Crippen LogP contribution in [0.5, 0.6) is 5.75 Å². The highest BCUT2D eigenvalue weighted by atomic mass is 32.2. The third kappa shape index (κ3) is 3.48. The van der Waals surface area contributed by atoms with Crippen LogP contribution in [0.3, 0.4) is 0 Å². The lowest BCUT2D eigenvalue weighted by Crippen LogP contribution is -2.21. The maximum Gasteiger partial charge on any atom is 0.175 e. The predicted octanol–water partition coefficient (Wildman–Crippen LogP) is 2.30. The van der Waals surface area contributed by atoms with Gasteiger partial charge in [0.05, 0.1) is 12.0 Å². The topological polar surface area (TPSA) is 55.4 Å². The maximum absolute atomic E-state index is 11.6. The van der Waals surface area contributed by atoms with E-state index >= 15 is 0 Å². The molecule has 5 heteroatoms. The van der Waals surface area contributed by atoms with Gasteiger partial charge in [-0.15, -0.1) is 0 Å². The standard InChI is InChI=1S/C14H21NO3S/c1-18-14-10-11(19(2,16)17)7-8-12(14)13-6-4-3-5-9-15-13/h7-8,10,13,15H,3-6,9H2,1-2H3. The first-order valence-electron chi connectivity index (χ1n) is 6.64. The summed E-state index contributed by atoms with van der Waals surface area (Å²) in [6.45, 7) is 1.00. The molecule has 1 saturated heterocycles. The van der Waals surface area contributed by atoms with Crippen LogP contribution in [0.4, 0.5) is 0 Å². The smallest absolute Gasteiger partial charge is 0.175 e. The SMILES string of the molecule is COc1cc(S(C)(=O)=O)ccc1C1CCCCCN1. The minimum absolute atomic E-state index is 0.256. The predicted molar refractivity (Wildman–Crippen MR) is 75.3 cm³/mol. The number of hydrogen-bond acceptors (Lipinski definition) is 4. The number of hydrogen-bond donors (Lipinski definition) is 1. The van der Waals surface area contributed by atoms with E-state index in [1.165, 1.54) is 25.5 Å². The van der Waals surface area contributed by atoms with Gasteiger partial charge in [0, 0.05) is 17.9 Å². The summed E-state index contributed by atoms with van der Waals surface area (Å²) in [6, 6.07) is 5.42. The van der Waals surface area contributed by atoms with Gasteiger partial charge in [-0.3, -0.25) is 0 Å². The molecule has 2 rings (SSSR count). The van der Waals surface area contributed by atoms with Crippen molar-refractivity contribution in [2.45, 2.75) is 36.6 Å². The number of methoxy groups -OCH3 is 1. The van der Waals surface area contributed by atoms with Gasteiger partial charge in [-0.05, 0) is 31.5 Å². The van der Waals surface area contributed by atoms with E-state index in [-0.39, 0.29) is 6.04 Å². The van der Waals surface area contributed by atoms with Crippen LogP contribution in [0.15, 0.2) is 23.1 Å². The molecule has 1 N–H and O–H groups in total. The van der Waals surface area contributed by atoms with Crippen molar-refractivity contribution in [3.8, 4) is 5.75 Å². The lowest BCUT2D eigenvalue weighted by molar-refractivity contribution is 0.396. The third-order valence-electron chi connectivity index (χ3n) is 3.57. The zero-order chi connectivity index (χ0) is 13.9. The molecule has 106 valence electrons. The summed E-state index contributed by atoms with van der Waals surface area (Å²) in [7, 11) is -1.61. The molecule has 1 atom stereocenters. The first-order chi connectivity index (χ1) is 9.02. The maximum atomic E-state index is 11.6. The molecule has 1 heterocycles. The van der Waals surface area contributed by atoms with Crippen LogP contribution in [-0.2, 0) is 9.84 Å². The normalized spacial score (nSPS) is 20.8. The van der Waals surface area contributed by atoms with Gasteiger partial charge >= 0.3 is 0 Å². The van der Waals surface area contributed by atoms with Crippen LogP contribution in [0.1, 0.15) is 37.3 Å². The fraction of sp³-hybridized carbons (Fsp3) is 0.571. The molecule has 0 radical (unpaired) electrons. The highest BCUT2D eigenvalue weighted by Gasteiger charge is 2.19. The monoisotopic (exact) mass is 283 g/mol. The van der Waals surface area contributed by atoms with Gasteiger partial charge in [0.1, 0.15) is 5.75 Å². The molecule has 0 bridgehead atoms. The number of ether oxygens (including phenoxy) is 1. The zero-order valence-electron chi connectivity index (χ0n) is 11.5. The Morgan fingerprint density at radius 1 is 1.26 bits per heavy atom. The van der Waals surface area contributed by atoms with Crippen LogP contribution in [0.25, 0.3) is 0 Å². The molecular formula is C14H21NO3S. The van der Waals surface area contributed by atoms with E-state index in [1.54, 1.807) is 19.2 Å². The van der Waals surface area contributed by atoms with E-state index in [4.69, 9.17) is 4.74 Å². The molecule has 0 spiro atoms. The Hall–Kier alpha value is -1.07. The van der Waals surface area contributed by atoms with Crippen molar-refractivity contribution in [2.24, 2.45) is 0 Å². The Balaban J connectivity index is 2.35. The van der Waals surface area contributed by atoms with Crippen LogP contribution in [0.2, 0.25) is 0 Å². The molecule has 1 unspecified atom stereocenters. The summed E-state index contributed by atoms with van der Waals surface area (Å²) in [5.74, 6) is 0.655. The molecule has 1 aromatic rings. The Bertz CT molecular complexity index is 532. The van der Waals surface area contributed by atoms with Crippen LogP contribution in [-0.4, -0.2) is 28.3 Å². The van der Waals surface area contributed by atoms with E-state index in [9.17, 15) is 8.42 Å². The fourth-order valence-corrected chi connectivity index (χ4v) is 3.14. The first kappa shape index (κ1) is 14.3. The van der Waals surface area contributed by atoms with Crippen molar-refractivity contribution in [1.29, 1.82) is 0 Å². The van der Waals surface area contributed by atoms with E-state index in [0.29, 0.717) is 10.6 Å². The molecular weight excluding hydrogens is 262 g/mol. The van der Waals surface area contributed by atoms with Gasteiger partial charge in [0.2, 0.25) is 0 Å². The molecule has 0 aromatic heterocycles. The van der Waals surface area contributed by atoms with Gasteiger partial charge in [0.15, 0.2) is 9.84 Å². The molecule has 4 nitrogen and oxygen atoms in total. The van der Waals surface area contributed by atoms with Crippen LogP contribution in [0, 0.1) is 0 Å². The summed E-state index contributed by atoms with van der Waals surface area (Å²) in [6.07, 6.45) is 5.90. The lowest BCUT2D eigenvalue weighted by Gasteiger charge is -2.19. The molecule has 0 aliphatic carbocycles. The molecule has 1 fully saturated rings. The summed E-state index contributed by atoms with van der Waals surface area (Å²) < 4.78 is 28.5. The average molecular weight is 283 g/mol. The molecule has 0 amide bonds. The second kappa shape index (κ2) is 5.92. The van der Waals surface area contributed by atoms with Gasteiger partial charge in [-0.2, -0.15) is 0 Å². The third-order valence-corrected chi connectivity index (χ3v) is 4.68. The van der Waals surface area contributed by atoms with Gasteiger partial charge in [0.25, 0.3) is 0 Å². The number of rotatable bonds is 3. The highest BCUT2D eigenvalue weighted by Crippen LogP contribution is 2.32. The molecule has 1 aliphatic heterocycles. The Labute approximate surface area is 115 Å². The molecule has 19 heavy (non-hydrogen) atoms. The van der Waals surface area contributed by atoms with Gasteiger partial charge < -0.3 is 10.1 Å². The van der Waals surface area contributed by atoms with E-state index in [2.05, 4.69) is 5.32 Å². The number of benzene rings is 1. The number of sulfone groups is 1. The summed E-state index contributed by atoms with van der Waals surface area (Å²) >= 11 is 0. The number of nitrogens with one attached hydrogen (secondary N) is 1. The van der Waals surface area contributed by atoms with Crippen LogP contribution >= 0.6 is 0 Å². The van der Waals surface area contributed by atoms with Crippen molar-refractivity contribution in [3.05, 3.63) is 23.8 Å². The Morgan fingerprint density at radius 2 is 2.05 bits per heavy atom. The van der Waals surface area contributed by atoms with Crippen molar-refractivity contribution >= 4 is 9.84 Å². The van der Waals surface area contributed by atoms with Crippen molar-refractivity contribution in [2.75, 3.05) is 19.9 Å². The van der Waals surface area contributed by atoms with Crippen molar-refractivity contribution < 1.29 is 13.2 Å². The second-order valence-corrected chi connectivity index (χ2v) is 7.05. The van der Waals surface area contributed by atoms with Gasteiger partial charge in [-0.1, -0.05) is 18.9 Å². The van der Waals surface area contributed by atoms with Gasteiger partial charge in [-0.25, -0.2) is 8.42 Å². The van der Waals surface area contributed by atoms with Crippen molar-refractivity contribution in [1.82, 2.24) is 5.32 Å². The minimum atomic E-state index is -3.19. The largest absolute Gasteiger partial charge is 0.496 e. The van der Waals surface area contributed by atoms with Crippen LogP contribution < -0.4 is 10.1 Å². The first-order valence-corrected chi connectivity index (χ1v) is 8.53. The molecule has 1 aliphatic rings. The quantitative estimate of drug-likeness (QED) is 0.925. The van der Waals surface area contributed by atoms with E-state index < -0.39 is 9.84 Å². The van der Waals surface area contributed by atoms with Crippen molar-refractivity contribution in [3.63, 3.8) is 0 Å². The zero-order valence-corrected chi connectivity index (χ0v) is 12.3. The lowest BCUT2D eigenvalue weighted by atomic mass is 10.0. The molecule has 0 saturated carbocycles. The molecule has 1 aromatic carbocycles. The van der Waals surface area contributed by atoms with E-state index in [0.717, 1.165) is 18.5 Å². The summed E-state index contributed by atoms with van der Waals surface area (Å²) in [4.78, 5) is 0.307. The summed E-state index contributed by atoms with van der Waals surface area (Å²) in [5.41, 5.74) is 1.05. The fourth-order valence-electron chi connectivity index (χ4n) is 2.50. The van der Waals surface area contributed by atoms with E-state index in [1.807, 2.05) is 6.07 Å². The highest BCUT2D eigenvalue weighted by molar-refractivity contribution is 7.90. The second-order valence-electron chi connectivity index (χ2n) is 5.03. The Morgan fingerprint density at radius 3 is 2.74 bits per heavy atom.